The van der Waals surface area contributed by atoms with Gasteiger partial charge in [0.05, 0.1) is 45.8 Å². The van der Waals surface area contributed by atoms with Gasteiger partial charge in [-0.05, 0) is 13.8 Å². The summed E-state index contributed by atoms with van der Waals surface area (Å²) in [6.45, 7) is 7.12. The van der Waals surface area contributed by atoms with Gasteiger partial charge in [-0.1, -0.05) is 13.8 Å². The van der Waals surface area contributed by atoms with Gasteiger partial charge in [-0.2, -0.15) is 0 Å². The molecule has 0 radical (unpaired) electrons. The highest BCUT2D eigenvalue weighted by Crippen LogP contribution is 1.89. The van der Waals surface area contributed by atoms with Crippen molar-refractivity contribution in [3.8, 4) is 0 Å². The first-order valence-corrected chi connectivity index (χ1v) is 15.8. The normalized spacial score (nSPS) is 9.61. The summed E-state index contributed by atoms with van der Waals surface area (Å²) in [5, 5.41) is 20.9. The average Bonchev–Trinajstić information content (AvgIpc) is 3.04. The highest BCUT2D eigenvalue weighted by atomic mass is 16.4. The fraction of sp³-hybridized carbons (Fsp3) is 0.667. The van der Waals surface area contributed by atoms with Crippen LogP contribution in [0.1, 0.15) is 27.7 Å². The van der Waals surface area contributed by atoms with Crippen LogP contribution in [0.3, 0.4) is 0 Å². The van der Waals surface area contributed by atoms with Crippen molar-refractivity contribution in [1.82, 2.24) is 51.1 Å². The summed E-state index contributed by atoms with van der Waals surface area (Å²) in [5.74, 6) is -3.76. The molecule has 0 spiro atoms. The minimum absolute atomic E-state index is 0.0997. The molecular formula is C30H56N10O11. The van der Waals surface area contributed by atoms with E-state index in [0.29, 0.717) is 25.9 Å². The maximum Gasteiger partial charge on any atom is 0.323 e. The van der Waals surface area contributed by atoms with E-state index in [1.807, 2.05) is 20.8 Å². The Kier molecular flexibility index (Phi) is 29.0. The lowest BCUT2D eigenvalue weighted by Crippen LogP contribution is -2.47. The van der Waals surface area contributed by atoms with Crippen molar-refractivity contribution >= 4 is 60.1 Å². The number of rotatable bonds is 21. The van der Waals surface area contributed by atoms with Gasteiger partial charge in [0.15, 0.2) is 0 Å². The molecule has 0 aromatic carbocycles. The fourth-order valence-electron chi connectivity index (χ4n) is 3.09. The molecule has 0 aliphatic rings. The minimum Gasteiger partial charge on any atom is -0.480 e. The number of likely N-dealkylation sites (N-methyl/N-ethyl adjacent to an activating group) is 7. The molecule has 6 N–H and O–H groups in total. The van der Waals surface area contributed by atoms with Crippen LogP contribution in [-0.2, 0) is 47.9 Å². The number of carbonyl (C=O) groups is 10. The van der Waals surface area contributed by atoms with Crippen molar-refractivity contribution < 1.29 is 53.1 Å². The molecular weight excluding hydrogens is 676 g/mol. The van der Waals surface area contributed by atoms with E-state index in [4.69, 9.17) is 5.11 Å². The van der Waals surface area contributed by atoms with Crippen molar-refractivity contribution in [3.05, 3.63) is 0 Å². The molecule has 0 aromatic heterocycles. The molecule has 0 heterocycles. The molecule has 0 aromatic rings. The number of hydrogen-bond donors (Lipinski definition) is 6. The Bertz CT molecular complexity index is 1150. The van der Waals surface area contributed by atoms with Gasteiger partial charge >= 0.3 is 5.97 Å². The third-order valence-electron chi connectivity index (χ3n) is 5.84. The van der Waals surface area contributed by atoms with E-state index in [9.17, 15) is 47.9 Å². The first kappa shape index (κ1) is 50.0. The van der Waals surface area contributed by atoms with Crippen LogP contribution >= 0.6 is 0 Å². The lowest BCUT2D eigenvalue weighted by atomic mass is 10.3. The number of amides is 9. The lowest BCUT2D eigenvalue weighted by molar-refractivity contribution is -0.140. The smallest absolute Gasteiger partial charge is 0.323 e. The molecule has 292 valence electrons. The zero-order chi connectivity index (χ0) is 40.1. The molecule has 0 saturated heterocycles. The maximum absolute atomic E-state index is 12.1. The van der Waals surface area contributed by atoms with E-state index in [1.54, 1.807) is 14.0 Å². The molecule has 21 heteroatoms. The largest absolute Gasteiger partial charge is 0.480 e. The van der Waals surface area contributed by atoms with Crippen molar-refractivity contribution in [1.29, 1.82) is 0 Å². The lowest BCUT2D eigenvalue weighted by Gasteiger charge is -2.20. The van der Waals surface area contributed by atoms with Crippen molar-refractivity contribution in [3.63, 3.8) is 0 Å². The first-order chi connectivity index (χ1) is 23.7. The summed E-state index contributed by atoms with van der Waals surface area (Å²) in [6.07, 6.45) is 1.09. The van der Waals surface area contributed by atoms with Crippen LogP contribution < -0.4 is 26.6 Å². The Labute approximate surface area is 298 Å². The Hall–Kier alpha value is -5.34. The number of carboxylic acids is 1. The van der Waals surface area contributed by atoms with E-state index in [-0.39, 0.29) is 76.1 Å². The van der Waals surface area contributed by atoms with Crippen LogP contribution in [0, 0.1) is 0 Å². The Morgan fingerprint density at radius 3 is 1.14 bits per heavy atom. The van der Waals surface area contributed by atoms with E-state index in [2.05, 4.69) is 26.6 Å². The molecule has 0 rings (SSSR count). The highest BCUT2D eigenvalue weighted by Gasteiger charge is 2.18. The van der Waals surface area contributed by atoms with Crippen LogP contribution in [0.15, 0.2) is 0 Å². The van der Waals surface area contributed by atoms with Gasteiger partial charge in [0.1, 0.15) is 6.54 Å². The second-order valence-corrected chi connectivity index (χ2v) is 11.2. The van der Waals surface area contributed by atoms with Gasteiger partial charge in [0, 0.05) is 54.4 Å². The second kappa shape index (κ2) is 29.6. The van der Waals surface area contributed by atoms with Crippen molar-refractivity contribution in [2.45, 2.75) is 33.7 Å². The number of carboxylic acid groups (broad SMARTS) is 1. The first-order valence-electron chi connectivity index (χ1n) is 15.8. The molecule has 0 unspecified atom stereocenters. The van der Waals surface area contributed by atoms with E-state index >= 15 is 0 Å². The standard InChI is InChI=1S/C20H37N7O6.C6H12N2O2.C4H7NO3/c1-7-21-15(28)11-25(4)19(32)9-23-17(30)13-27(6)20(33)10-24-16(29)12-26(5)18(31)8-22-14(2)3;1-3-7-6(10)4-8(2)5-9;1-5(3-6)2-4(7)8/h14,22H,7-13H2,1-6H3,(H,21,28)(H,23,30)(H,24,29);5H,3-4H2,1-2H3,(H,7,10);3H,2H2,1H3,(H,7,8). The molecule has 0 bridgehead atoms. The second-order valence-electron chi connectivity index (χ2n) is 11.2. The van der Waals surface area contributed by atoms with Gasteiger partial charge in [-0.25, -0.2) is 0 Å². The summed E-state index contributed by atoms with van der Waals surface area (Å²) in [7, 11) is 7.26. The zero-order valence-corrected chi connectivity index (χ0v) is 31.1. The van der Waals surface area contributed by atoms with Crippen LogP contribution in [0.4, 0.5) is 0 Å². The summed E-state index contributed by atoms with van der Waals surface area (Å²) < 4.78 is 0. The van der Waals surface area contributed by atoms with Crippen molar-refractivity contribution in [2.75, 3.05) is 101 Å². The highest BCUT2D eigenvalue weighted by molar-refractivity contribution is 5.92. The molecule has 0 aliphatic heterocycles. The van der Waals surface area contributed by atoms with E-state index in [1.165, 1.54) is 42.9 Å². The Balaban J connectivity index is -0.00000104. The van der Waals surface area contributed by atoms with Gasteiger partial charge in [-0.3, -0.25) is 47.9 Å². The molecule has 0 saturated carbocycles. The topological polar surface area (TPSA) is 267 Å². The predicted octanol–water partition coefficient (Wildman–Crippen LogP) is -4.90. The molecule has 21 nitrogen and oxygen atoms in total. The summed E-state index contributed by atoms with van der Waals surface area (Å²) >= 11 is 0. The zero-order valence-electron chi connectivity index (χ0n) is 31.1. The van der Waals surface area contributed by atoms with Gasteiger partial charge in [0.25, 0.3) is 0 Å². The quantitative estimate of drug-likeness (QED) is 0.0607. The Morgan fingerprint density at radius 2 is 0.843 bits per heavy atom. The monoisotopic (exact) mass is 732 g/mol. The van der Waals surface area contributed by atoms with Gasteiger partial charge in [0.2, 0.25) is 54.2 Å². The van der Waals surface area contributed by atoms with Gasteiger partial charge in [-0.15, -0.1) is 0 Å². The summed E-state index contributed by atoms with van der Waals surface area (Å²) in [6, 6.07) is 0.132. The number of nitrogens with one attached hydrogen (secondary N) is 5. The summed E-state index contributed by atoms with van der Waals surface area (Å²) in [5.41, 5.74) is 0. The van der Waals surface area contributed by atoms with Crippen LogP contribution in [0.5, 0.6) is 0 Å². The van der Waals surface area contributed by atoms with Crippen LogP contribution in [0.25, 0.3) is 0 Å². The fourth-order valence-corrected chi connectivity index (χ4v) is 3.09. The molecule has 0 atom stereocenters. The SMILES string of the molecule is CCNC(=O)CN(C)C(=O)CNC(=O)CN(C)C(=O)CNC(=O)CN(C)C(=O)CNC(C)C.CCNC(=O)CN(C)C=O.CN(C=O)CC(=O)O. The third-order valence-corrected chi connectivity index (χ3v) is 5.84. The average molecular weight is 733 g/mol. The van der Waals surface area contributed by atoms with Gasteiger partial charge < -0.3 is 56.2 Å². The van der Waals surface area contributed by atoms with Crippen LogP contribution in [0.2, 0.25) is 0 Å². The van der Waals surface area contributed by atoms with Crippen molar-refractivity contribution in [2.24, 2.45) is 0 Å². The number of nitrogens with zero attached hydrogens (tertiary/aromatic N) is 5. The van der Waals surface area contributed by atoms with E-state index < -0.39 is 29.6 Å². The molecule has 0 fully saturated rings. The number of aliphatic carboxylic acids is 1. The number of hydrogen-bond acceptors (Lipinski definition) is 11. The number of carbonyl (C=O) groups excluding carboxylic acids is 9. The maximum atomic E-state index is 12.1. The molecule has 0 aliphatic carbocycles. The molecule has 9 amide bonds. The summed E-state index contributed by atoms with van der Waals surface area (Å²) in [4.78, 5) is 117. The van der Waals surface area contributed by atoms with E-state index in [0.717, 1.165) is 9.80 Å². The third kappa shape index (κ3) is 30.5. The molecule has 51 heavy (non-hydrogen) atoms. The predicted molar refractivity (Wildman–Crippen MR) is 184 cm³/mol. The Morgan fingerprint density at radius 1 is 0.529 bits per heavy atom. The minimum atomic E-state index is -1.00. The van der Waals surface area contributed by atoms with Crippen LogP contribution in [-0.4, -0.2) is 196 Å².